The molecule has 0 unspecified atom stereocenters. The smallest absolute Gasteiger partial charge is 0.191 e. The molecule has 0 aromatic carbocycles. The first-order chi connectivity index (χ1) is 10.1. The molecule has 132 valence electrons. The highest BCUT2D eigenvalue weighted by atomic mass is 28.4. The largest absolute Gasteiger partial charge is 0.416 e. The van der Waals surface area contributed by atoms with Gasteiger partial charge in [-0.05, 0) is 43.8 Å². The summed E-state index contributed by atoms with van der Waals surface area (Å²) in [5.74, 6) is 0.433. The third-order valence-electron chi connectivity index (χ3n) is 5.45. The average Bonchev–Trinajstić information content (AvgIpc) is 2.83. The topological polar surface area (TPSA) is 38.7 Å². The minimum absolute atomic E-state index is 0.201. The van der Waals surface area contributed by atoms with Gasteiger partial charge in [-0.3, -0.25) is 0 Å². The third-order valence-corrected chi connectivity index (χ3v) is 9.95. The maximum atomic E-state index is 9.93. The zero-order valence-corrected chi connectivity index (χ0v) is 16.8. The quantitative estimate of drug-likeness (QED) is 0.653. The van der Waals surface area contributed by atoms with Crippen molar-refractivity contribution in [2.45, 2.75) is 103 Å². The molecule has 4 atom stereocenters. The molecule has 0 aliphatic carbocycles. The molecule has 1 saturated heterocycles. The van der Waals surface area contributed by atoms with E-state index in [0.29, 0.717) is 12.0 Å². The first-order valence-corrected chi connectivity index (χ1v) is 11.9. The number of aliphatic hydroxyl groups excluding tert-OH is 1. The predicted octanol–water partition coefficient (Wildman–Crippen LogP) is 4.74. The van der Waals surface area contributed by atoms with Gasteiger partial charge in [0.25, 0.3) is 0 Å². The van der Waals surface area contributed by atoms with Crippen molar-refractivity contribution in [2.75, 3.05) is 6.61 Å². The van der Waals surface area contributed by atoms with Gasteiger partial charge in [-0.2, -0.15) is 0 Å². The molecular formula is C18H38O3Si. The standard InChI is InChI=1S/C18H38O3Si/c1-8-9-15(19)12-16-10-11-17(21-16)14(2)13-20-22(6,7)18(3,4)5/h14-17,19H,8-13H2,1-7H3/t14-,15+,16+,17-/m1/s1. The molecule has 1 heterocycles. The number of hydrogen-bond donors (Lipinski definition) is 1. The van der Waals surface area contributed by atoms with Crippen LogP contribution in [0.4, 0.5) is 0 Å². The van der Waals surface area contributed by atoms with E-state index in [-0.39, 0.29) is 17.2 Å². The van der Waals surface area contributed by atoms with Gasteiger partial charge in [0.05, 0.1) is 18.3 Å². The lowest BCUT2D eigenvalue weighted by atomic mass is 10.0. The van der Waals surface area contributed by atoms with Crippen molar-refractivity contribution in [3.05, 3.63) is 0 Å². The molecule has 1 fully saturated rings. The van der Waals surface area contributed by atoms with E-state index >= 15 is 0 Å². The maximum Gasteiger partial charge on any atom is 0.191 e. The molecule has 0 spiro atoms. The summed E-state index contributed by atoms with van der Waals surface area (Å²) in [6, 6.07) is 0. The molecule has 0 amide bonds. The monoisotopic (exact) mass is 330 g/mol. The Bertz CT molecular complexity index is 325. The van der Waals surface area contributed by atoms with E-state index in [1.807, 2.05) is 0 Å². The van der Waals surface area contributed by atoms with E-state index in [9.17, 15) is 5.11 Å². The van der Waals surface area contributed by atoms with Crippen molar-refractivity contribution in [3.63, 3.8) is 0 Å². The van der Waals surface area contributed by atoms with Crippen molar-refractivity contribution in [1.29, 1.82) is 0 Å². The van der Waals surface area contributed by atoms with Crippen LogP contribution in [0.25, 0.3) is 0 Å². The van der Waals surface area contributed by atoms with Crippen molar-refractivity contribution >= 4 is 8.32 Å². The van der Waals surface area contributed by atoms with Gasteiger partial charge in [-0.15, -0.1) is 0 Å². The molecule has 0 aromatic rings. The van der Waals surface area contributed by atoms with Gasteiger partial charge in [0, 0.05) is 12.5 Å². The Labute approximate surface area is 138 Å². The van der Waals surface area contributed by atoms with Crippen LogP contribution in [0.3, 0.4) is 0 Å². The van der Waals surface area contributed by atoms with Crippen LogP contribution in [0.1, 0.15) is 66.7 Å². The second-order valence-electron chi connectivity index (χ2n) is 8.60. The van der Waals surface area contributed by atoms with Gasteiger partial charge in [0.15, 0.2) is 8.32 Å². The minimum atomic E-state index is -1.67. The summed E-state index contributed by atoms with van der Waals surface area (Å²) < 4.78 is 12.5. The van der Waals surface area contributed by atoms with Crippen LogP contribution >= 0.6 is 0 Å². The van der Waals surface area contributed by atoms with E-state index in [1.54, 1.807) is 0 Å². The van der Waals surface area contributed by atoms with Gasteiger partial charge in [-0.1, -0.05) is 41.0 Å². The van der Waals surface area contributed by atoms with Crippen LogP contribution in [0, 0.1) is 5.92 Å². The number of aliphatic hydroxyl groups is 1. The Morgan fingerprint density at radius 1 is 1.27 bits per heavy atom. The molecule has 0 aromatic heterocycles. The second-order valence-corrected chi connectivity index (χ2v) is 13.4. The molecular weight excluding hydrogens is 292 g/mol. The molecule has 0 radical (unpaired) electrons. The fraction of sp³-hybridized carbons (Fsp3) is 1.00. The van der Waals surface area contributed by atoms with Crippen LogP contribution in [0.5, 0.6) is 0 Å². The number of hydrogen-bond acceptors (Lipinski definition) is 3. The molecule has 1 aliphatic rings. The van der Waals surface area contributed by atoms with Crippen molar-refractivity contribution < 1.29 is 14.3 Å². The van der Waals surface area contributed by atoms with Gasteiger partial charge in [0.2, 0.25) is 0 Å². The fourth-order valence-corrected chi connectivity index (χ4v) is 3.86. The summed E-state index contributed by atoms with van der Waals surface area (Å²) in [7, 11) is -1.67. The molecule has 0 bridgehead atoms. The zero-order valence-electron chi connectivity index (χ0n) is 15.8. The zero-order chi connectivity index (χ0) is 17.0. The highest BCUT2D eigenvalue weighted by molar-refractivity contribution is 6.74. The van der Waals surface area contributed by atoms with Crippen LogP contribution in [0.15, 0.2) is 0 Å². The third kappa shape index (κ3) is 5.95. The van der Waals surface area contributed by atoms with E-state index in [2.05, 4.69) is 47.7 Å². The van der Waals surface area contributed by atoms with E-state index in [4.69, 9.17) is 9.16 Å². The first-order valence-electron chi connectivity index (χ1n) is 9.04. The summed E-state index contributed by atoms with van der Waals surface area (Å²) in [6.07, 6.45) is 5.22. The highest BCUT2D eigenvalue weighted by Crippen LogP contribution is 2.37. The summed E-state index contributed by atoms with van der Waals surface area (Å²) in [6.45, 7) is 16.6. The van der Waals surface area contributed by atoms with Crippen LogP contribution in [-0.2, 0) is 9.16 Å². The summed E-state index contributed by atoms with van der Waals surface area (Å²) in [5, 5.41) is 10.2. The highest BCUT2D eigenvalue weighted by Gasteiger charge is 2.38. The lowest BCUT2D eigenvalue weighted by Crippen LogP contribution is -2.42. The predicted molar refractivity (Wildman–Crippen MR) is 95.7 cm³/mol. The van der Waals surface area contributed by atoms with Gasteiger partial charge >= 0.3 is 0 Å². The molecule has 0 saturated carbocycles. The Kier molecular flexibility index (Phi) is 7.57. The average molecular weight is 331 g/mol. The van der Waals surface area contributed by atoms with Crippen molar-refractivity contribution in [1.82, 2.24) is 0 Å². The van der Waals surface area contributed by atoms with E-state index in [1.165, 1.54) is 0 Å². The van der Waals surface area contributed by atoms with Crippen LogP contribution in [-0.4, -0.2) is 38.3 Å². The normalized spacial score (nSPS) is 26.2. The molecule has 1 rings (SSSR count). The maximum absolute atomic E-state index is 9.93. The van der Waals surface area contributed by atoms with Crippen molar-refractivity contribution in [3.8, 4) is 0 Å². The summed E-state index contributed by atoms with van der Waals surface area (Å²) in [5.41, 5.74) is 0. The van der Waals surface area contributed by atoms with Gasteiger partial charge < -0.3 is 14.3 Å². The summed E-state index contributed by atoms with van der Waals surface area (Å²) >= 11 is 0. The van der Waals surface area contributed by atoms with Crippen molar-refractivity contribution in [2.24, 2.45) is 5.92 Å². The molecule has 3 nitrogen and oxygen atoms in total. The lowest BCUT2D eigenvalue weighted by Gasteiger charge is -2.37. The SMILES string of the molecule is CCC[C@H](O)C[C@@H]1CC[C@H]([C@H](C)CO[Si](C)(C)C(C)(C)C)O1. The number of rotatable bonds is 8. The Hall–Kier alpha value is 0.0969. The second kappa shape index (κ2) is 8.27. The summed E-state index contributed by atoms with van der Waals surface area (Å²) in [4.78, 5) is 0. The minimum Gasteiger partial charge on any atom is -0.416 e. The van der Waals surface area contributed by atoms with E-state index < -0.39 is 8.32 Å². The fourth-order valence-electron chi connectivity index (χ4n) is 2.74. The number of ether oxygens (including phenoxy) is 1. The van der Waals surface area contributed by atoms with Crippen LogP contribution in [0.2, 0.25) is 18.1 Å². The van der Waals surface area contributed by atoms with Gasteiger partial charge in [-0.25, -0.2) is 0 Å². The molecule has 1 aliphatic heterocycles. The Morgan fingerprint density at radius 2 is 1.91 bits per heavy atom. The molecule has 1 N–H and O–H groups in total. The lowest BCUT2D eigenvalue weighted by molar-refractivity contribution is -0.0196. The Balaban J connectivity index is 2.37. The van der Waals surface area contributed by atoms with Crippen LogP contribution < -0.4 is 0 Å². The first kappa shape index (κ1) is 20.1. The molecule has 4 heteroatoms. The molecule has 22 heavy (non-hydrogen) atoms. The Morgan fingerprint density at radius 3 is 2.45 bits per heavy atom. The van der Waals surface area contributed by atoms with Gasteiger partial charge in [0.1, 0.15) is 0 Å². The van der Waals surface area contributed by atoms with E-state index in [0.717, 1.165) is 38.7 Å².